The van der Waals surface area contributed by atoms with Gasteiger partial charge in [-0.1, -0.05) is 22.6 Å². The molecule has 0 unspecified atom stereocenters. The van der Waals surface area contributed by atoms with Crippen LogP contribution in [0, 0.1) is 6.92 Å². The molecule has 0 atom stereocenters. The Morgan fingerprint density at radius 3 is 2.91 bits per heavy atom. The van der Waals surface area contributed by atoms with Gasteiger partial charge in [0.15, 0.2) is 4.80 Å². The lowest BCUT2D eigenvalue weighted by molar-refractivity contribution is 0.0962. The summed E-state index contributed by atoms with van der Waals surface area (Å²) in [7, 11) is 0. The molecule has 0 saturated heterocycles. The van der Waals surface area contributed by atoms with Crippen LogP contribution in [0.3, 0.4) is 0 Å². The van der Waals surface area contributed by atoms with E-state index in [0.29, 0.717) is 23.6 Å². The van der Waals surface area contributed by atoms with Crippen molar-refractivity contribution in [1.29, 1.82) is 0 Å². The number of rotatable bonds is 4. The molecule has 0 aliphatic heterocycles. The second-order valence-corrected chi connectivity index (χ2v) is 5.92. The number of nitrogens with zero attached hydrogens (tertiary/aromatic N) is 3. The van der Waals surface area contributed by atoms with Crippen LogP contribution in [-0.4, -0.2) is 22.2 Å². The van der Waals surface area contributed by atoms with Crippen LogP contribution in [0.4, 0.5) is 0 Å². The fraction of sp³-hybridized carbons (Fsp3) is 0.312. The molecule has 2 heterocycles. The van der Waals surface area contributed by atoms with Gasteiger partial charge >= 0.3 is 5.91 Å². The summed E-state index contributed by atoms with van der Waals surface area (Å²) in [6, 6.07) is 7.45. The molecular formula is C16H17N3O3S. The first-order valence-corrected chi connectivity index (χ1v) is 8.23. The topological polar surface area (TPSA) is 69.6 Å². The van der Waals surface area contributed by atoms with E-state index in [-0.39, 0.29) is 5.76 Å². The molecular weight excluding hydrogens is 314 g/mol. The Labute approximate surface area is 137 Å². The van der Waals surface area contributed by atoms with Crippen molar-refractivity contribution in [2.24, 2.45) is 4.99 Å². The molecule has 0 aliphatic rings. The highest BCUT2D eigenvalue weighted by Crippen LogP contribution is 2.27. The quantitative estimate of drug-likeness (QED) is 0.736. The lowest BCUT2D eigenvalue weighted by Gasteiger charge is -2.07. The predicted octanol–water partition coefficient (Wildman–Crippen LogP) is 3.16. The molecule has 7 heteroatoms. The van der Waals surface area contributed by atoms with Gasteiger partial charge in [-0.15, -0.1) is 0 Å². The normalized spacial score (nSPS) is 12.0. The van der Waals surface area contributed by atoms with Gasteiger partial charge in [-0.05, 0) is 32.9 Å². The molecule has 0 radical (unpaired) electrons. The van der Waals surface area contributed by atoms with E-state index in [1.807, 2.05) is 36.6 Å². The first kappa shape index (κ1) is 15.5. The molecule has 23 heavy (non-hydrogen) atoms. The molecule has 0 N–H and O–H groups in total. The molecule has 1 amide bonds. The third kappa shape index (κ3) is 2.92. The summed E-state index contributed by atoms with van der Waals surface area (Å²) >= 11 is 1.45. The molecule has 1 aromatic carbocycles. The molecule has 2 aromatic heterocycles. The molecule has 0 fully saturated rings. The van der Waals surface area contributed by atoms with Gasteiger partial charge in [-0.3, -0.25) is 4.79 Å². The number of carbonyl (C=O) groups excluding carboxylic acids is 1. The largest absolute Gasteiger partial charge is 0.492 e. The smallest absolute Gasteiger partial charge is 0.318 e. The number of aromatic nitrogens is 2. The summed E-state index contributed by atoms with van der Waals surface area (Å²) in [6.45, 7) is 6.99. The SMILES string of the molecule is CCOc1cccc2sc(=NC(=O)c3cc(C)no3)n(CC)c12. The molecule has 3 rings (SSSR count). The van der Waals surface area contributed by atoms with Crippen LogP contribution in [0.2, 0.25) is 0 Å². The summed E-state index contributed by atoms with van der Waals surface area (Å²) in [5, 5.41) is 3.72. The zero-order chi connectivity index (χ0) is 16.4. The highest BCUT2D eigenvalue weighted by molar-refractivity contribution is 7.16. The lowest BCUT2D eigenvalue weighted by Crippen LogP contribution is -2.16. The highest BCUT2D eigenvalue weighted by Gasteiger charge is 2.14. The van der Waals surface area contributed by atoms with E-state index in [9.17, 15) is 4.79 Å². The first-order chi connectivity index (χ1) is 11.1. The minimum absolute atomic E-state index is 0.146. The van der Waals surface area contributed by atoms with Crippen LogP contribution >= 0.6 is 11.3 Å². The molecule has 0 aliphatic carbocycles. The number of hydrogen-bond acceptors (Lipinski definition) is 5. The molecule has 0 spiro atoms. The zero-order valence-electron chi connectivity index (χ0n) is 13.2. The van der Waals surface area contributed by atoms with Crippen molar-refractivity contribution in [3.8, 4) is 5.75 Å². The van der Waals surface area contributed by atoms with Gasteiger partial charge in [0.2, 0.25) is 5.76 Å². The number of para-hydroxylation sites is 1. The van der Waals surface area contributed by atoms with Crippen LogP contribution in [0.1, 0.15) is 30.1 Å². The molecule has 120 valence electrons. The standard InChI is InChI=1S/C16H17N3O3S/c1-4-19-14-11(21-5-2)7-6-8-13(14)23-16(19)17-15(20)12-9-10(3)18-22-12/h6-9H,4-5H2,1-3H3. The van der Waals surface area contributed by atoms with Crippen molar-refractivity contribution in [3.63, 3.8) is 0 Å². The summed E-state index contributed by atoms with van der Waals surface area (Å²) in [5.74, 6) is 0.512. The summed E-state index contributed by atoms with van der Waals surface area (Å²) < 4.78 is 13.7. The van der Waals surface area contributed by atoms with Crippen LogP contribution < -0.4 is 9.54 Å². The van der Waals surface area contributed by atoms with Gasteiger partial charge in [0, 0.05) is 12.6 Å². The Morgan fingerprint density at radius 2 is 2.26 bits per heavy atom. The van der Waals surface area contributed by atoms with E-state index < -0.39 is 5.91 Å². The number of fused-ring (bicyclic) bond motifs is 1. The summed E-state index contributed by atoms with van der Waals surface area (Å²) in [5.41, 5.74) is 1.61. The van der Waals surface area contributed by atoms with E-state index in [1.165, 1.54) is 11.3 Å². The Balaban J connectivity index is 2.16. The lowest BCUT2D eigenvalue weighted by atomic mass is 10.3. The summed E-state index contributed by atoms with van der Waals surface area (Å²) in [6.07, 6.45) is 0. The molecule has 6 nitrogen and oxygen atoms in total. The Kier molecular flexibility index (Phi) is 4.29. The maximum Gasteiger partial charge on any atom is 0.318 e. The molecule has 0 bridgehead atoms. The van der Waals surface area contributed by atoms with Crippen molar-refractivity contribution in [2.45, 2.75) is 27.3 Å². The number of thiazole rings is 1. The number of amides is 1. The predicted molar refractivity (Wildman–Crippen MR) is 87.8 cm³/mol. The minimum atomic E-state index is -0.433. The average molecular weight is 331 g/mol. The third-order valence-corrected chi connectivity index (χ3v) is 4.36. The van der Waals surface area contributed by atoms with Gasteiger partial charge in [-0.25, -0.2) is 0 Å². The first-order valence-electron chi connectivity index (χ1n) is 7.41. The monoisotopic (exact) mass is 331 g/mol. The van der Waals surface area contributed by atoms with E-state index >= 15 is 0 Å². The zero-order valence-corrected chi connectivity index (χ0v) is 14.0. The van der Waals surface area contributed by atoms with Gasteiger partial charge in [-0.2, -0.15) is 4.99 Å². The average Bonchev–Trinajstić information content (AvgIpc) is 3.11. The fourth-order valence-electron chi connectivity index (χ4n) is 2.35. The third-order valence-electron chi connectivity index (χ3n) is 3.32. The number of carbonyl (C=O) groups is 1. The van der Waals surface area contributed by atoms with Gasteiger partial charge in [0.05, 0.1) is 17.0 Å². The van der Waals surface area contributed by atoms with Crippen LogP contribution in [0.15, 0.2) is 33.8 Å². The Hall–Kier alpha value is -2.41. The number of aryl methyl sites for hydroxylation is 2. The van der Waals surface area contributed by atoms with E-state index in [0.717, 1.165) is 16.0 Å². The van der Waals surface area contributed by atoms with Gasteiger partial charge < -0.3 is 13.8 Å². The maximum atomic E-state index is 12.2. The van der Waals surface area contributed by atoms with Crippen molar-refractivity contribution < 1.29 is 14.1 Å². The van der Waals surface area contributed by atoms with Gasteiger partial charge in [0.25, 0.3) is 0 Å². The molecule has 3 aromatic rings. The van der Waals surface area contributed by atoms with Crippen LogP contribution in [0.25, 0.3) is 10.2 Å². The fourth-order valence-corrected chi connectivity index (χ4v) is 3.46. The van der Waals surface area contributed by atoms with E-state index in [1.54, 1.807) is 13.0 Å². The maximum absolute atomic E-state index is 12.2. The van der Waals surface area contributed by atoms with Crippen molar-refractivity contribution >= 4 is 27.5 Å². The number of benzene rings is 1. The number of ether oxygens (including phenoxy) is 1. The Morgan fingerprint density at radius 1 is 1.43 bits per heavy atom. The second kappa shape index (κ2) is 6.37. The second-order valence-electron chi connectivity index (χ2n) is 4.91. The van der Waals surface area contributed by atoms with Crippen molar-refractivity contribution in [3.05, 3.63) is 40.5 Å². The van der Waals surface area contributed by atoms with Crippen LogP contribution in [0.5, 0.6) is 5.75 Å². The van der Waals surface area contributed by atoms with E-state index in [2.05, 4.69) is 10.1 Å². The van der Waals surface area contributed by atoms with Crippen molar-refractivity contribution in [1.82, 2.24) is 9.72 Å². The minimum Gasteiger partial charge on any atom is -0.492 e. The van der Waals surface area contributed by atoms with E-state index in [4.69, 9.17) is 9.26 Å². The Bertz CT molecular complexity index is 920. The molecule has 0 saturated carbocycles. The van der Waals surface area contributed by atoms with Gasteiger partial charge in [0.1, 0.15) is 11.3 Å². The number of hydrogen-bond donors (Lipinski definition) is 0. The van der Waals surface area contributed by atoms with Crippen molar-refractivity contribution in [2.75, 3.05) is 6.61 Å². The van der Waals surface area contributed by atoms with Crippen LogP contribution in [-0.2, 0) is 6.54 Å². The highest BCUT2D eigenvalue weighted by atomic mass is 32.1. The summed E-state index contributed by atoms with van der Waals surface area (Å²) in [4.78, 5) is 17.1.